The average molecular weight is 502 g/mol. The summed E-state index contributed by atoms with van der Waals surface area (Å²) in [5.41, 5.74) is 4.35. The van der Waals surface area contributed by atoms with Crippen LogP contribution in [0.2, 0.25) is 0 Å². The van der Waals surface area contributed by atoms with Gasteiger partial charge in [-0.25, -0.2) is 4.98 Å². The van der Waals surface area contributed by atoms with E-state index in [0.29, 0.717) is 22.8 Å². The number of oxazole rings is 1. The van der Waals surface area contributed by atoms with E-state index in [9.17, 15) is 14.9 Å². The fraction of sp³-hybridized carbons (Fsp3) is 0.192. The summed E-state index contributed by atoms with van der Waals surface area (Å²) in [6.45, 7) is 3.43. The summed E-state index contributed by atoms with van der Waals surface area (Å²) in [4.78, 5) is 30.6. The monoisotopic (exact) mass is 501 g/mol. The van der Waals surface area contributed by atoms with Crippen LogP contribution in [0.25, 0.3) is 22.6 Å². The minimum Gasteiger partial charge on any atom is -0.436 e. The fourth-order valence-corrected chi connectivity index (χ4v) is 4.56. The molecule has 1 saturated heterocycles. The van der Waals surface area contributed by atoms with E-state index in [2.05, 4.69) is 15.6 Å². The number of hydrogen-bond acceptors (Lipinski definition) is 7. The number of fused-ring (bicyclic) bond motifs is 1. The third-order valence-electron chi connectivity index (χ3n) is 6.21. The molecule has 0 unspecified atom stereocenters. The van der Waals surface area contributed by atoms with Crippen LogP contribution in [0.4, 0.5) is 17.1 Å². The summed E-state index contributed by atoms with van der Waals surface area (Å²) in [5, 5.41) is 17.4. The normalized spacial score (nSPS) is 13.1. The van der Waals surface area contributed by atoms with Gasteiger partial charge in [0.15, 0.2) is 10.7 Å². The number of hydrogen-bond donors (Lipinski definition) is 2. The lowest BCUT2D eigenvalue weighted by molar-refractivity contribution is -0.384. The van der Waals surface area contributed by atoms with Crippen molar-refractivity contribution < 1.29 is 14.1 Å². The highest BCUT2D eigenvalue weighted by Crippen LogP contribution is 2.32. The Morgan fingerprint density at radius 1 is 1.11 bits per heavy atom. The van der Waals surface area contributed by atoms with Crippen LogP contribution in [-0.4, -0.2) is 34.0 Å². The zero-order valence-electron chi connectivity index (χ0n) is 19.5. The molecule has 5 rings (SSSR count). The number of carbonyl (C=O) groups is 1. The molecule has 0 bridgehead atoms. The number of para-hydroxylation sites is 2. The van der Waals surface area contributed by atoms with Crippen LogP contribution in [0.15, 0.2) is 65.1 Å². The zero-order chi connectivity index (χ0) is 25.2. The molecule has 2 heterocycles. The lowest BCUT2D eigenvalue weighted by Crippen LogP contribution is -2.34. The van der Waals surface area contributed by atoms with Crippen LogP contribution in [0.5, 0.6) is 0 Å². The summed E-state index contributed by atoms with van der Waals surface area (Å²) >= 11 is 5.36. The highest BCUT2D eigenvalue weighted by Gasteiger charge is 2.24. The van der Waals surface area contributed by atoms with Crippen molar-refractivity contribution in [2.75, 3.05) is 23.3 Å². The topological polar surface area (TPSA) is 114 Å². The molecule has 1 aromatic heterocycles. The number of thiocarbonyl (C=S) groups is 1. The van der Waals surface area contributed by atoms with Crippen LogP contribution in [0.3, 0.4) is 0 Å². The van der Waals surface area contributed by atoms with E-state index < -0.39 is 10.8 Å². The molecule has 3 aromatic carbocycles. The SMILES string of the molecule is Cc1c(NC(=S)NC(=O)c2ccc(N3CCCC3)c([N+](=O)[O-])c2)cccc1-c1nc2ccccc2o1. The average Bonchev–Trinajstić information content (AvgIpc) is 3.55. The maximum atomic E-state index is 12.8. The minimum absolute atomic E-state index is 0.0732. The molecule has 10 heteroatoms. The molecule has 182 valence electrons. The Kier molecular flexibility index (Phi) is 6.34. The highest BCUT2D eigenvalue weighted by molar-refractivity contribution is 7.80. The number of rotatable bonds is 5. The summed E-state index contributed by atoms with van der Waals surface area (Å²) in [6, 6.07) is 17.6. The van der Waals surface area contributed by atoms with Crippen LogP contribution in [0, 0.1) is 17.0 Å². The minimum atomic E-state index is -0.531. The molecule has 0 atom stereocenters. The van der Waals surface area contributed by atoms with Crippen molar-refractivity contribution in [1.29, 1.82) is 0 Å². The van der Waals surface area contributed by atoms with E-state index in [1.54, 1.807) is 12.1 Å². The Morgan fingerprint density at radius 3 is 2.64 bits per heavy atom. The lowest BCUT2D eigenvalue weighted by Gasteiger charge is -2.18. The fourth-order valence-electron chi connectivity index (χ4n) is 4.36. The van der Waals surface area contributed by atoms with Gasteiger partial charge < -0.3 is 14.6 Å². The largest absolute Gasteiger partial charge is 0.436 e. The van der Waals surface area contributed by atoms with Gasteiger partial charge in [-0.05, 0) is 73.9 Å². The van der Waals surface area contributed by atoms with E-state index in [-0.39, 0.29) is 16.4 Å². The Hall–Kier alpha value is -4.31. The predicted molar refractivity (Wildman–Crippen MR) is 142 cm³/mol. The summed E-state index contributed by atoms with van der Waals surface area (Å²) < 4.78 is 5.89. The first-order valence-electron chi connectivity index (χ1n) is 11.5. The first kappa shape index (κ1) is 23.4. The van der Waals surface area contributed by atoms with Crippen molar-refractivity contribution >= 4 is 51.4 Å². The molecule has 1 aliphatic heterocycles. The molecule has 1 fully saturated rings. The van der Waals surface area contributed by atoms with E-state index in [1.807, 2.05) is 54.3 Å². The van der Waals surface area contributed by atoms with Crippen LogP contribution in [-0.2, 0) is 0 Å². The van der Waals surface area contributed by atoms with Crippen molar-refractivity contribution in [1.82, 2.24) is 10.3 Å². The van der Waals surface area contributed by atoms with Gasteiger partial charge in [0.1, 0.15) is 11.2 Å². The standard InChI is InChI=1S/C26H23N5O4S/c1-16-18(25-27-20-8-2-3-10-23(20)35-25)7-6-9-19(16)28-26(36)29-24(32)17-11-12-21(22(15-17)31(33)34)30-13-4-5-14-30/h2-3,6-12,15H,4-5,13-14H2,1H3,(H2,28,29,32,36). The van der Waals surface area contributed by atoms with Gasteiger partial charge >= 0.3 is 0 Å². The van der Waals surface area contributed by atoms with E-state index in [1.165, 1.54) is 6.07 Å². The number of nitrogens with one attached hydrogen (secondary N) is 2. The van der Waals surface area contributed by atoms with Crippen molar-refractivity contribution in [2.45, 2.75) is 19.8 Å². The number of carbonyl (C=O) groups excluding carboxylic acids is 1. The smallest absolute Gasteiger partial charge is 0.293 e. The van der Waals surface area contributed by atoms with Gasteiger partial charge in [0.05, 0.1) is 4.92 Å². The van der Waals surface area contributed by atoms with Crippen molar-refractivity contribution in [3.8, 4) is 11.5 Å². The molecule has 0 spiro atoms. The molecular formula is C26H23N5O4S. The molecular weight excluding hydrogens is 478 g/mol. The maximum absolute atomic E-state index is 12.8. The number of benzene rings is 3. The molecule has 36 heavy (non-hydrogen) atoms. The van der Waals surface area contributed by atoms with E-state index in [0.717, 1.165) is 42.6 Å². The first-order chi connectivity index (χ1) is 17.4. The molecule has 4 aromatic rings. The molecule has 1 aliphatic rings. The summed E-state index contributed by atoms with van der Waals surface area (Å²) in [7, 11) is 0. The molecule has 0 aliphatic carbocycles. The first-order valence-corrected chi connectivity index (χ1v) is 11.9. The number of nitro benzene ring substituents is 1. The summed E-state index contributed by atoms with van der Waals surface area (Å²) in [5.74, 6) is -0.0472. The third-order valence-corrected chi connectivity index (χ3v) is 6.42. The Morgan fingerprint density at radius 2 is 1.89 bits per heavy atom. The van der Waals surface area contributed by atoms with Crippen LogP contribution in [0.1, 0.15) is 28.8 Å². The van der Waals surface area contributed by atoms with Gasteiger partial charge in [0, 0.05) is 36.0 Å². The van der Waals surface area contributed by atoms with Gasteiger partial charge in [-0.15, -0.1) is 0 Å². The molecule has 2 N–H and O–H groups in total. The van der Waals surface area contributed by atoms with Crippen molar-refractivity contribution in [2.24, 2.45) is 0 Å². The summed E-state index contributed by atoms with van der Waals surface area (Å²) in [6.07, 6.45) is 1.98. The second kappa shape index (κ2) is 9.74. The zero-order valence-corrected chi connectivity index (χ0v) is 20.3. The Balaban J connectivity index is 1.32. The number of nitrogens with zero attached hydrogens (tertiary/aromatic N) is 3. The second-order valence-corrected chi connectivity index (χ2v) is 8.94. The lowest BCUT2D eigenvalue weighted by atomic mass is 10.1. The quantitative estimate of drug-likeness (QED) is 0.211. The van der Waals surface area contributed by atoms with Gasteiger partial charge in [0.2, 0.25) is 5.89 Å². The van der Waals surface area contributed by atoms with Crippen molar-refractivity contribution in [3.05, 3.63) is 81.9 Å². The van der Waals surface area contributed by atoms with E-state index in [4.69, 9.17) is 16.6 Å². The van der Waals surface area contributed by atoms with E-state index >= 15 is 0 Å². The Bertz CT molecular complexity index is 1460. The molecule has 9 nitrogen and oxygen atoms in total. The van der Waals surface area contributed by atoms with Gasteiger partial charge in [-0.1, -0.05) is 18.2 Å². The number of amides is 1. The number of anilines is 2. The maximum Gasteiger partial charge on any atom is 0.293 e. The van der Waals surface area contributed by atoms with Crippen LogP contribution < -0.4 is 15.5 Å². The predicted octanol–water partition coefficient (Wildman–Crippen LogP) is 5.44. The third kappa shape index (κ3) is 4.63. The molecule has 0 radical (unpaired) electrons. The molecule has 1 amide bonds. The second-order valence-electron chi connectivity index (χ2n) is 8.53. The Labute approximate surface area is 212 Å². The number of nitro groups is 1. The number of aromatic nitrogens is 1. The molecule has 0 saturated carbocycles. The van der Waals surface area contributed by atoms with Gasteiger partial charge in [-0.3, -0.25) is 20.2 Å². The van der Waals surface area contributed by atoms with Crippen LogP contribution >= 0.6 is 12.2 Å². The highest BCUT2D eigenvalue weighted by atomic mass is 32.1. The van der Waals surface area contributed by atoms with Gasteiger partial charge in [-0.2, -0.15) is 0 Å². The van der Waals surface area contributed by atoms with Gasteiger partial charge in [0.25, 0.3) is 11.6 Å². The van der Waals surface area contributed by atoms with Crippen molar-refractivity contribution in [3.63, 3.8) is 0 Å².